The van der Waals surface area contributed by atoms with E-state index in [0.717, 1.165) is 11.1 Å². The molecule has 9 heteroatoms. The highest BCUT2D eigenvalue weighted by atomic mass is 35.5. The molecule has 7 nitrogen and oxygen atoms in total. The van der Waals surface area contributed by atoms with Gasteiger partial charge in [-0.25, -0.2) is 8.42 Å². The van der Waals surface area contributed by atoms with E-state index in [0.29, 0.717) is 10.8 Å². The zero-order valence-electron chi connectivity index (χ0n) is 18.1. The number of halogens is 1. The Morgan fingerprint density at radius 1 is 1.15 bits per heavy atom. The van der Waals surface area contributed by atoms with Gasteiger partial charge in [-0.1, -0.05) is 47.5 Å². The van der Waals surface area contributed by atoms with E-state index in [1.54, 1.807) is 49.6 Å². The van der Waals surface area contributed by atoms with Gasteiger partial charge in [0.15, 0.2) is 6.10 Å². The predicted molar refractivity (Wildman–Crippen MR) is 126 cm³/mol. The van der Waals surface area contributed by atoms with Crippen molar-refractivity contribution < 1.29 is 22.7 Å². The Labute approximate surface area is 197 Å². The van der Waals surface area contributed by atoms with E-state index in [1.807, 2.05) is 25.1 Å². The van der Waals surface area contributed by atoms with Crippen LogP contribution in [0, 0.1) is 6.92 Å². The molecule has 1 atom stereocenters. The molecule has 1 N–H and O–H groups in total. The van der Waals surface area contributed by atoms with Crippen LogP contribution >= 0.6 is 11.6 Å². The summed E-state index contributed by atoms with van der Waals surface area (Å²) in [5.74, 6) is 0.468. The monoisotopic (exact) mass is 486 g/mol. The average molecular weight is 487 g/mol. The molecule has 0 bridgehead atoms. The Morgan fingerprint density at radius 2 is 1.88 bits per heavy atom. The predicted octanol–water partition coefficient (Wildman–Crippen LogP) is 3.93. The standard InChI is InChI=1S/C24H23ClN2O5S/c1-16-7-10-19(11-8-16)33(29,30)27-15-23(32-22-12-9-18(25)13-20(22)27)24(28)26-14-17-5-3-4-6-21(17)31-2/h3-13,23H,14-15H2,1-2H3,(H,26,28). The second kappa shape index (κ2) is 9.33. The first kappa shape index (κ1) is 22.9. The SMILES string of the molecule is COc1ccccc1CNC(=O)C1CN(S(=O)(=O)c2ccc(C)cc2)c2cc(Cl)ccc2O1. The highest BCUT2D eigenvalue weighted by Gasteiger charge is 2.37. The summed E-state index contributed by atoms with van der Waals surface area (Å²) >= 11 is 6.14. The number of benzene rings is 3. The van der Waals surface area contributed by atoms with Crippen LogP contribution in [0.2, 0.25) is 5.02 Å². The maximum absolute atomic E-state index is 13.5. The van der Waals surface area contributed by atoms with Gasteiger partial charge in [-0.05, 0) is 43.3 Å². The van der Waals surface area contributed by atoms with Crippen molar-refractivity contribution in [2.75, 3.05) is 18.0 Å². The summed E-state index contributed by atoms with van der Waals surface area (Å²) in [6.07, 6.45) is -1.05. The molecule has 1 heterocycles. The molecule has 1 amide bonds. The lowest BCUT2D eigenvalue weighted by Crippen LogP contribution is -2.50. The first-order valence-corrected chi connectivity index (χ1v) is 12.1. The Balaban J connectivity index is 1.62. The number of ether oxygens (including phenoxy) is 2. The number of fused-ring (bicyclic) bond motifs is 1. The number of hydrogen-bond donors (Lipinski definition) is 1. The molecular formula is C24H23ClN2O5S. The van der Waals surface area contributed by atoms with Crippen molar-refractivity contribution >= 4 is 33.2 Å². The number of amides is 1. The normalized spacial score (nSPS) is 15.4. The fourth-order valence-electron chi connectivity index (χ4n) is 3.57. The number of nitrogens with one attached hydrogen (secondary N) is 1. The number of sulfonamides is 1. The molecule has 3 aromatic rings. The third kappa shape index (κ3) is 4.77. The highest BCUT2D eigenvalue weighted by Crippen LogP contribution is 2.39. The fourth-order valence-corrected chi connectivity index (χ4v) is 5.21. The molecule has 0 aromatic heterocycles. The number of methoxy groups -OCH3 is 1. The Morgan fingerprint density at radius 3 is 2.61 bits per heavy atom. The molecule has 0 saturated heterocycles. The van der Waals surface area contributed by atoms with Gasteiger partial charge in [0.1, 0.15) is 11.5 Å². The van der Waals surface area contributed by atoms with Gasteiger partial charge in [0.25, 0.3) is 15.9 Å². The Bertz CT molecular complexity index is 1280. The number of anilines is 1. The topological polar surface area (TPSA) is 84.9 Å². The minimum atomic E-state index is -3.96. The summed E-state index contributed by atoms with van der Waals surface area (Å²) in [5.41, 5.74) is 2.02. The molecular weight excluding hydrogens is 464 g/mol. The smallest absolute Gasteiger partial charge is 0.264 e. The van der Waals surface area contributed by atoms with Crippen molar-refractivity contribution in [2.24, 2.45) is 0 Å². The van der Waals surface area contributed by atoms with Crippen LogP contribution in [0.25, 0.3) is 0 Å². The molecule has 3 aromatic carbocycles. The van der Waals surface area contributed by atoms with Gasteiger partial charge in [0.05, 0.1) is 24.2 Å². The van der Waals surface area contributed by atoms with Crippen molar-refractivity contribution in [1.29, 1.82) is 0 Å². The summed E-state index contributed by atoms with van der Waals surface area (Å²) < 4.78 is 39.3. The third-order valence-corrected chi connectivity index (χ3v) is 7.37. The zero-order valence-corrected chi connectivity index (χ0v) is 19.7. The van der Waals surface area contributed by atoms with Crippen LogP contribution in [0.4, 0.5) is 5.69 Å². The maximum atomic E-state index is 13.5. The molecule has 4 rings (SSSR count). The number of hydrogen-bond acceptors (Lipinski definition) is 5. The summed E-state index contributed by atoms with van der Waals surface area (Å²) in [6, 6.07) is 18.5. The summed E-state index contributed by atoms with van der Waals surface area (Å²) in [4.78, 5) is 13.1. The average Bonchev–Trinajstić information content (AvgIpc) is 2.82. The number of carbonyl (C=O) groups is 1. The van der Waals surface area contributed by atoms with Crippen LogP contribution in [0.5, 0.6) is 11.5 Å². The first-order valence-electron chi connectivity index (χ1n) is 10.2. The number of para-hydroxylation sites is 1. The van der Waals surface area contributed by atoms with Gasteiger partial charge in [0.2, 0.25) is 0 Å². The molecule has 0 radical (unpaired) electrons. The second-order valence-electron chi connectivity index (χ2n) is 7.60. The van der Waals surface area contributed by atoms with Crippen LogP contribution in [-0.2, 0) is 21.4 Å². The molecule has 172 valence electrons. The molecule has 1 unspecified atom stereocenters. The van der Waals surface area contributed by atoms with Crippen LogP contribution in [0.15, 0.2) is 71.6 Å². The number of carbonyl (C=O) groups excluding carboxylic acids is 1. The second-order valence-corrected chi connectivity index (χ2v) is 9.90. The largest absolute Gasteiger partial charge is 0.496 e. The van der Waals surface area contributed by atoms with Gasteiger partial charge in [0, 0.05) is 17.1 Å². The van der Waals surface area contributed by atoms with Crippen molar-refractivity contribution in [1.82, 2.24) is 5.32 Å². The molecule has 0 saturated carbocycles. The number of aryl methyl sites for hydroxylation is 1. The minimum absolute atomic E-state index is 0.120. The van der Waals surface area contributed by atoms with E-state index >= 15 is 0 Å². The van der Waals surface area contributed by atoms with Crippen molar-refractivity contribution in [3.05, 3.63) is 82.9 Å². The number of rotatable bonds is 6. The van der Waals surface area contributed by atoms with Crippen LogP contribution in [-0.4, -0.2) is 34.1 Å². The molecule has 0 fully saturated rings. The van der Waals surface area contributed by atoms with Gasteiger partial charge in [-0.2, -0.15) is 0 Å². The van der Waals surface area contributed by atoms with Crippen LogP contribution in [0.1, 0.15) is 11.1 Å². The maximum Gasteiger partial charge on any atom is 0.264 e. The van der Waals surface area contributed by atoms with Crippen molar-refractivity contribution in [3.63, 3.8) is 0 Å². The van der Waals surface area contributed by atoms with Crippen LogP contribution in [0.3, 0.4) is 0 Å². The van der Waals surface area contributed by atoms with Crippen LogP contribution < -0.4 is 19.1 Å². The van der Waals surface area contributed by atoms with E-state index in [1.165, 1.54) is 10.4 Å². The van der Waals surface area contributed by atoms with Crippen molar-refractivity contribution in [3.8, 4) is 11.5 Å². The molecule has 0 aliphatic carbocycles. The lowest BCUT2D eigenvalue weighted by atomic mass is 10.2. The summed E-state index contributed by atoms with van der Waals surface area (Å²) in [5, 5.41) is 3.17. The van der Waals surface area contributed by atoms with Gasteiger partial charge in [-0.15, -0.1) is 0 Å². The quantitative estimate of drug-likeness (QED) is 0.570. The summed E-state index contributed by atoms with van der Waals surface area (Å²) in [6.45, 7) is 1.89. The molecule has 1 aliphatic rings. The lowest BCUT2D eigenvalue weighted by Gasteiger charge is -2.35. The minimum Gasteiger partial charge on any atom is -0.496 e. The van der Waals surface area contributed by atoms with Crippen molar-refractivity contribution in [2.45, 2.75) is 24.5 Å². The van der Waals surface area contributed by atoms with Gasteiger partial charge in [-0.3, -0.25) is 9.10 Å². The Kier molecular flexibility index (Phi) is 6.49. The molecule has 1 aliphatic heterocycles. The zero-order chi connectivity index (χ0) is 23.6. The van der Waals surface area contributed by atoms with E-state index < -0.39 is 22.0 Å². The van der Waals surface area contributed by atoms with Gasteiger partial charge < -0.3 is 14.8 Å². The lowest BCUT2D eigenvalue weighted by molar-refractivity contribution is -0.127. The first-order chi connectivity index (χ1) is 15.8. The number of nitrogens with zero attached hydrogens (tertiary/aromatic N) is 1. The molecule has 33 heavy (non-hydrogen) atoms. The van der Waals surface area contributed by atoms with E-state index in [9.17, 15) is 13.2 Å². The third-order valence-electron chi connectivity index (χ3n) is 5.34. The van der Waals surface area contributed by atoms with E-state index in [-0.39, 0.29) is 29.4 Å². The van der Waals surface area contributed by atoms with Gasteiger partial charge >= 0.3 is 0 Å². The highest BCUT2D eigenvalue weighted by molar-refractivity contribution is 7.92. The van der Waals surface area contributed by atoms with E-state index in [4.69, 9.17) is 21.1 Å². The summed E-state index contributed by atoms with van der Waals surface area (Å²) in [7, 11) is -2.40. The molecule has 0 spiro atoms. The van der Waals surface area contributed by atoms with E-state index in [2.05, 4.69) is 5.32 Å². The Hall–Kier alpha value is -3.23. The fraction of sp³-hybridized carbons (Fsp3) is 0.208.